The number of epoxide rings is 1. The average molecular weight is 347 g/mol. The molecule has 1 aliphatic heterocycles. The summed E-state index contributed by atoms with van der Waals surface area (Å²) in [5.41, 5.74) is 0.910. The van der Waals surface area contributed by atoms with E-state index in [1.807, 2.05) is 0 Å². The van der Waals surface area contributed by atoms with Gasteiger partial charge in [0.1, 0.15) is 6.10 Å². The van der Waals surface area contributed by atoms with Gasteiger partial charge in [0, 0.05) is 12.3 Å². The second-order valence-corrected chi connectivity index (χ2v) is 10.7. The highest BCUT2D eigenvalue weighted by Crippen LogP contribution is 2.69. The van der Waals surface area contributed by atoms with E-state index in [1.54, 1.807) is 6.92 Å². The van der Waals surface area contributed by atoms with Gasteiger partial charge in [-0.05, 0) is 87.4 Å². The molecule has 9 atom stereocenters. The molecule has 0 spiro atoms. The molecule has 0 N–H and O–H groups in total. The first kappa shape index (κ1) is 16.6. The van der Waals surface area contributed by atoms with Crippen LogP contribution in [0.25, 0.3) is 0 Å². The van der Waals surface area contributed by atoms with E-state index in [0.717, 1.165) is 30.1 Å². The Hall–Kier alpha value is -0.570. The fourth-order valence-electron chi connectivity index (χ4n) is 8.15. The molecule has 4 aliphatic carbocycles. The van der Waals surface area contributed by atoms with Crippen molar-refractivity contribution in [3.63, 3.8) is 0 Å². The van der Waals surface area contributed by atoms with E-state index in [-0.39, 0.29) is 23.1 Å². The molecule has 3 nitrogen and oxygen atoms in total. The van der Waals surface area contributed by atoms with Crippen molar-refractivity contribution in [3.05, 3.63) is 0 Å². The number of esters is 1. The fraction of sp³-hybridized carbons (Fsp3) is 0.955. The summed E-state index contributed by atoms with van der Waals surface area (Å²) in [6.45, 7) is 8.92. The van der Waals surface area contributed by atoms with E-state index >= 15 is 0 Å². The van der Waals surface area contributed by atoms with E-state index in [0.29, 0.717) is 11.5 Å². The third kappa shape index (κ3) is 2.17. The molecule has 25 heavy (non-hydrogen) atoms. The van der Waals surface area contributed by atoms with Gasteiger partial charge in [0.05, 0.1) is 11.7 Å². The molecule has 0 aromatic heterocycles. The van der Waals surface area contributed by atoms with Gasteiger partial charge >= 0.3 is 5.97 Å². The van der Waals surface area contributed by atoms with Gasteiger partial charge in [-0.25, -0.2) is 0 Å². The summed E-state index contributed by atoms with van der Waals surface area (Å²) < 4.78 is 11.9. The highest BCUT2D eigenvalue weighted by molar-refractivity contribution is 5.66. The van der Waals surface area contributed by atoms with Gasteiger partial charge in [0.15, 0.2) is 0 Å². The smallest absolute Gasteiger partial charge is 0.302 e. The molecule has 0 amide bonds. The standard InChI is InChI=1S/C22H34O3/c1-13(23)24-18-8-7-16-15-6-5-14-11-22(4)19(25-22)12-21(14,3)17(15)9-10-20(16,18)2/h14-19H,5-12H2,1-4H3/t14-,15-,16-,17-,18-,19-,20-,21-,22+/m0/s1. The Morgan fingerprint density at radius 1 is 0.960 bits per heavy atom. The van der Waals surface area contributed by atoms with Crippen LogP contribution in [0.15, 0.2) is 0 Å². The minimum atomic E-state index is -0.0953. The van der Waals surface area contributed by atoms with E-state index in [4.69, 9.17) is 9.47 Å². The zero-order valence-corrected chi connectivity index (χ0v) is 16.3. The molecule has 140 valence electrons. The molecule has 0 aromatic carbocycles. The molecule has 0 radical (unpaired) electrons. The van der Waals surface area contributed by atoms with Crippen LogP contribution in [0.4, 0.5) is 0 Å². The molecular weight excluding hydrogens is 312 g/mol. The SMILES string of the molecule is CC(=O)O[C@H]1CC[C@H]2[C@@H]3CC[C@H]4C[C@@]5(C)O[C@H]5C[C@]4(C)[C@H]3CC[C@]12C. The van der Waals surface area contributed by atoms with E-state index in [1.165, 1.54) is 44.9 Å². The topological polar surface area (TPSA) is 38.8 Å². The fourth-order valence-corrected chi connectivity index (χ4v) is 8.15. The summed E-state index contributed by atoms with van der Waals surface area (Å²) in [7, 11) is 0. The van der Waals surface area contributed by atoms with Gasteiger partial charge in [-0.1, -0.05) is 13.8 Å². The Kier molecular flexibility index (Phi) is 3.34. The summed E-state index contributed by atoms with van der Waals surface area (Å²) in [6, 6.07) is 0. The van der Waals surface area contributed by atoms with Crippen molar-refractivity contribution in [2.24, 2.45) is 34.5 Å². The third-order valence-corrected chi connectivity index (χ3v) is 9.60. The summed E-state index contributed by atoms with van der Waals surface area (Å²) >= 11 is 0. The number of rotatable bonds is 1. The van der Waals surface area contributed by atoms with Crippen LogP contribution in [0, 0.1) is 34.5 Å². The maximum atomic E-state index is 11.6. The van der Waals surface area contributed by atoms with Crippen LogP contribution in [0.1, 0.15) is 79.1 Å². The zero-order chi connectivity index (χ0) is 17.6. The third-order valence-electron chi connectivity index (χ3n) is 9.60. The Morgan fingerprint density at radius 2 is 1.72 bits per heavy atom. The maximum absolute atomic E-state index is 11.6. The molecule has 1 heterocycles. The predicted octanol–water partition coefficient (Wildman–Crippen LogP) is 4.73. The second kappa shape index (κ2) is 5.03. The van der Waals surface area contributed by atoms with Crippen molar-refractivity contribution < 1.29 is 14.3 Å². The number of fused-ring (bicyclic) bond motifs is 6. The van der Waals surface area contributed by atoms with Gasteiger partial charge in [-0.2, -0.15) is 0 Å². The lowest BCUT2D eigenvalue weighted by molar-refractivity contribution is -0.161. The minimum Gasteiger partial charge on any atom is -0.462 e. The largest absolute Gasteiger partial charge is 0.462 e. The highest BCUT2D eigenvalue weighted by Gasteiger charge is 2.67. The molecular formula is C22H34O3. The summed E-state index contributed by atoms with van der Waals surface area (Å²) in [5.74, 6) is 3.20. The molecule has 5 rings (SSSR count). The normalized spacial score (nSPS) is 59.2. The van der Waals surface area contributed by atoms with Crippen LogP contribution in [-0.4, -0.2) is 23.8 Å². The first-order valence-corrected chi connectivity index (χ1v) is 10.6. The second-order valence-electron chi connectivity index (χ2n) is 10.7. The van der Waals surface area contributed by atoms with Crippen molar-refractivity contribution in [2.75, 3.05) is 0 Å². The molecule has 1 saturated heterocycles. The van der Waals surface area contributed by atoms with Crippen molar-refractivity contribution in [1.82, 2.24) is 0 Å². The Bertz CT molecular complexity index is 602. The number of carbonyl (C=O) groups is 1. The number of carbonyl (C=O) groups excluding carboxylic acids is 1. The van der Waals surface area contributed by atoms with Crippen LogP contribution in [0.2, 0.25) is 0 Å². The predicted molar refractivity (Wildman–Crippen MR) is 95.9 cm³/mol. The molecule has 3 heteroatoms. The highest BCUT2D eigenvalue weighted by atomic mass is 16.6. The van der Waals surface area contributed by atoms with Gasteiger partial charge in [0.2, 0.25) is 0 Å². The lowest BCUT2D eigenvalue weighted by Crippen LogP contribution is -2.55. The molecule has 0 aromatic rings. The van der Waals surface area contributed by atoms with Gasteiger partial charge in [-0.3, -0.25) is 4.79 Å². The first-order chi connectivity index (χ1) is 11.8. The van der Waals surface area contributed by atoms with Crippen molar-refractivity contribution in [2.45, 2.75) is 96.9 Å². The molecule has 0 unspecified atom stereocenters. The van der Waals surface area contributed by atoms with Crippen LogP contribution in [0.5, 0.6) is 0 Å². The Balaban J connectivity index is 1.41. The zero-order valence-electron chi connectivity index (χ0n) is 16.3. The van der Waals surface area contributed by atoms with Gasteiger partial charge in [-0.15, -0.1) is 0 Å². The molecule has 5 aliphatic rings. The summed E-state index contributed by atoms with van der Waals surface area (Å²) in [6.07, 6.45) is 10.9. The number of hydrogen-bond donors (Lipinski definition) is 0. The Morgan fingerprint density at radius 3 is 2.48 bits per heavy atom. The van der Waals surface area contributed by atoms with Crippen LogP contribution in [0.3, 0.4) is 0 Å². The van der Waals surface area contributed by atoms with E-state index < -0.39 is 0 Å². The Labute approximate surface area is 152 Å². The monoisotopic (exact) mass is 346 g/mol. The number of hydrogen-bond acceptors (Lipinski definition) is 3. The average Bonchev–Trinajstić information content (AvgIpc) is 3.06. The maximum Gasteiger partial charge on any atom is 0.302 e. The van der Waals surface area contributed by atoms with E-state index in [9.17, 15) is 4.79 Å². The van der Waals surface area contributed by atoms with Crippen molar-refractivity contribution >= 4 is 5.97 Å². The quantitative estimate of drug-likeness (QED) is 0.509. The lowest BCUT2D eigenvalue weighted by atomic mass is 9.44. The minimum absolute atomic E-state index is 0.0953. The van der Waals surface area contributed by atoms with Crippen LogP contribution < -0.4 is 0 Å². The lowest BCUT2D eigenvalue weighted by Gasteiger charge is -2.60. The van der Waals surface area contributed by atoms with Crippen molar-refractivity contribution in [3.8, 4) is 0 Å². The van der Waals surface area contributed by atoms with Crippen LogP contribution >= 0.6 is 0 Å². The van der Waals surface area contributed by atoms with E-state index in [2.05, 4.69) is 20.8 Å². The first-order valence-electron chi connectivity index (χ1n) is 10.6. The summed E-state index contributed by atoms with van der Waals surface area (Å²) in [4.78, 5) is 11.6. The van der Waals surface area contributed by atoms with Crippen LogP contribution in [-0.2, 0) is 14.3 Å². The van der Waals surface area contributed by atoms with Gasteiger partial charge in [0.25, 0.3) is 0 Å². The van der Waals surface area contributed by atoms with Crippen molar-refractivity contribution in [1.29, 1.82) is 0 Å². The molecule has 4 saturated carbocycles. The molecule has 0 bridgehead atoms. The van der Waals surface area contributed by atoms with Gasteiger partial charge < -0.3 is 9.47 Å². The summed E-state index contributed by atoms with van der Waals surface area (Å²) in [5, 5.41) is 0. The molecule has 5 fully saturated rings. The number of ether oxygens (including phenoxy) is 2.